The van der Waals surface area contributed by atoms with Gasteiger partial charge in [-0.15, -0.1) is 10.2 Å². The van der Waals surface area contributed by atoms with Crippen LogP contribution >= 0.6 is 0 Å². The number of nitrogens with zero attached hydrogens (tertiary/aromatic N) is 3. The summed E-state index contributed by atoms with van der Waals surface area (Å²) in [4.78, 5) is 0. The van der Waals surface area contributed by atoms with Gasteiger partial charge in [-0.1, -0.05) is 12.1 Å². The van der Waals surface area contributed by atoms with Crippen molar-refractivity contribution in [3.63, 3.8) is 0 Å². The Kier molecular flexibility index (Phi) is 3.26. The quantitative estimate of drug-likeness (QED) is 0.789. The van der Waals surface area contributed by atoms with E-state index in [1.165, 1.54) is 12.1 Å². The minimum absolute atomic E-state index is 0.279. The summed E-state index contributed by atoms with van der Waals surface area (Å²) in [6.45, 7) is 1.22. The maximum absolute atomic E-state index is 13.1. The monoisotopic (exact) mass is 221 g/mol. The summed E-state index contributed by atoms with van der Waals surface area (Å²) in [7, 11) is 1.63. The topological polar surface area (TPSA) is 39.9 Å². The van der Waals surface area contributed by atoms with Crippen molar-refractivity contribution in [2.75, 3.05) is 13.7 Å². The van der Waals surface area contributed by atoms with Crippen LogP contribution in [0.3, 0.4) is 0 Å². The minimum atomic E-state index is -0.279. The highest BCUT2D eigenvalue weighted by Crippen LogP contribution is 2.17. The van der Waals surface area contributed by atoms with E-state index in [9.17, 15) is 4.39 Å². The zero-order valence-corrected chi connectivity index (χ0v) is 8.93. The molecule has 1 aromatic heterocycles. The molecule has 0 saturated heterocycles. The van der Waals surface area contributed by atoms with Crippen molar-refractivity contribution in [2.45, 2.75) is 6.54 Å². The molecule has 16 heavy (non-hydrogen) atoms. The van der Waals surface area contributed by atoms with Crippen molar-refractivity contribution in [1.29, 1.82) is 0 Å². The lowest BCUT2D eigenvalue weighted by molar-refractivity contribution is 0.187. The van der Waals surface area contributed by atoms with E-state index < -0.39 is 0 Å². The number of hydrogen-bond acceptors (Lipinski definition) is 3. The molecule has 4 nitrogen and oxygen atoms in total. The van der Waals surface area contributed by atoms with Gasteiger partial charge >= 0.3 is 0 Å². The lowest BCUT2D eigenvalue weighted by Gasteiger charge is -2.05. The second-order valence-electron chi connectivity index (χ2n) is 3.35. The number of methoxy groups -OCH3 is 1. The van der Waals surface area contributed by atoms with Crippen molar-refractivity contribution >= 4 is 0 Å². The smallest absolute Gasteiger partial charge is 0.163 e. The molecule has 1 aromatic carbocycles. The average Bonchev–Trinajstić information content (AvgIpc) is 2.74. The number of ether oxygens (including phenoxy) is 1. The Balaban J connectivity index is 2.29. The Labute approximate surface area is 92.7 Å². The standard InChI is InChI=1S/C11H12FN3O/c1-16-6-5-15-8-13-14-11(15)9-3-2-4-10(12)7-9/h2-4,7-8H,5-6H2,1H3. The molecule has 2 aromatic rings. The molecule has 0 aliphatic carbocycles. The van der Waals surface area contributed by atoms with Crippen molar-refractivity contribution in [3.05, 3.63) is 36.4 Å². The van der Waals surface area contributed by atoms with Gasteiger partial charge in [0.15, 0.2) is 5.82 Å². The number of rotatable bonds is 4. The first-order valence-corrected chi connectivity index (χ1v) is 4.94. The van der Waals surface area contributed by atoms with Gasteiger partial charge in [0.05, 0.1) is 6.61 Å². The first-order chi connectivity index (χ1) is 7.81. The van der Waals surface area contributed by atoms with E-state index in [-0.39, 0.29) is 5.82 Å². The van der Waals surface area contributed by atoms with Crippen LogP contribution in [-0.4, -0.2) is 28.5 Å². The van der Waals surface area contributed by atoms with Crippen LogP contribution in [0.15, 0.2) is 30.6 Å². The maximum Gasteiger partial charge on any atom is 0.163 e. The third kappa shape index (κ3) is 2.25. The van der Waals surface area contributed by atoms with Gasteiger partial charge in [-0.25, -0.2) is 4.39 Å². The lowest BCUT2D eigenvalue weighted by Crippen LogP contribution is -2.04. The van der Waals surface area contributed by atoms with Gasteiger partial charge in [-0.3, -0.25) is 0 Å². The Hall–Kier alpha value is -1.75. The van der Waals surface area contributed by atoms with Crippen LogP contribution in [0.2, 0.25) is 0 Å². The SMILES string of the molecule is COCCn1cnnc1-c1cccc(F)c1. The summed E-state index contributed by atoms with van der Waals surface area (Å²) in [5.74, 6) is 0.371. The molecule has 2 rings (SSSR count). The highest BCUT2D eigenvalue weighted by Gasteiger charge is 2.07. The molecule has 0 N–H and O–H groups in total. The predicted molar refractivity (Wildman–Crippen MR) is 57.3 cm³/mol. The van der Waals surface area contributed by atoms with Crippen LogP contribution in [0.25, 0.3) is 11.4 Å². The van der Waals surface area contributed by atoms with Crippen LogP contribution in [0.5, 0.6) is 0 Å². The van der Waals surface area contributed by atoms with Gasteiger partial charge < -0.3 is 9.30 Å². The van der Waals surface area contributed by atoms with E-state index in [1.807, 2.05) is 4.57 Å². The van der Waals surface area contributed by atoms with E-state index in [0.29, 0.717) is 24.5 Å². The summed E-state index contributed by atoms with van der Waals surface area (Å²) >= 11 is 0. The molecular weight excluding hydrogens is 209 g/mol. The summed E-state index contributed by atoms with van der Waals surface area (Å²) in [5, 5.41) is 7.79. The summed E-state index contributed by atoms with van der Waals surface area (Å²) < 4.78 is 19.9. The van der Waals surface area contributed by atoms with E-state index in [2.05, 4.69) is 10.2 Å². The molecule has 5 heteroatoms. The zero-order valence-electron chi connectivity index (χ0n) is 8.93. The van der Waals surface area contributed by atoms with Crippen molar-refractivity contribution in [1.82, 2.24) is 14.8 Å². The molecule has 0 fully saturated rings. The Morgan fingerprint density at radius 2 is 2.31 bits per heavy atom. The largest absolute Gasteiger partial charge is 0.383 e. The van der Waals surface area contributed by atoms with E-state index in [0.717, 1.165) is 0 Å². The fraction of sp³-hybridized carbons (Fsp3) is 0.273. The number of halogens is 1. The first kappa shape index (κ1) is 10.8. The van der Waals surface area contributed by atoms with Crippen molar-refractivity contribution in [3.8, 4) is 11.4 Å². The van der Waals surface area contributed by atoms with Crippen molar-refractivity contribution in [2.24, 2.45) is 0 Å². The van der Waals surface area contributed by atoms with Gasteiger partial charge in [0.25, 0.3) is 0 Å². The predicted octanol–water partition coefficient (Wildman–Crippen LogP) is 1.73. The number of aromatic nitrogens is 3. The fourth-order valence-corrected chi connectivity index (χ4v) is 1.46. The molecule has 0 atom stereocenters. The van der Waals surface area contributed by atoms with Gasteiger partial charge in [0.1, 0.15) is 12.1 Å². The van der Waals surface area contributed by atoms with Crippen LogP contribution in [0.4, 0.5) is 4.39 Å². The normalized spacial score (nSPS) is 10.6. The molecule has 0 aliphatic heterocycles. The molecule has 0 aliphatic rings. The van der Waals surface area contributed by atoms with Crippen LogP contribution in [-0.2, 0) is 11.3 Å². The van der Waals surface area contributed by atoms with E-state index in [1.54, 1.807) is 25.6 Å². The van der Waals surface area contributed by atoms with Gasteiger partial charge in [0.2, 0.25) is 0 Å². The molecular formula is C11H12FN3O. The molecule has 0 unspecified atom stereocenters. The second kappa shape index (κ2) is 4.85. The number of hydrogen-bond donors (Lipinski definition) is 0. The Bertz CT molecular complexity index is 470. The molecule has 84 valence electrons. The highest BCUT2D eigenvalue weighted by atomic mass is 19.1. The number of benzene rings is 1. The molecule has 0 amide bonds. The minimum Gasteiger partial charge on any atom is -0.383 e. The summed E-state index contributed by atoms with van der Waals surface area (Å²) in [6, 6.07) is 6.29. The Morgan fingerprint density at radius 1 is 1.44 bits per heavy atom. The molecule has 0 saturated carbocycles. The Morgan fingerprint density at radius 3 is 3.06 bits per heavy atom. The van der Waals surface area contributed by atoms with E-state index in [4.69, 9.17) is 4.74 Å². The van der Waals surface area contributed by atoms with Crippen LogP contribution in [0.1, 0.15) is 0 Å². The molecule has 0 bridgehead atoms. The lowest BCUT2D eigenvalue weighted by atomic mass is 10.2. The van der Waals surface area contributed by atoms with E-state index >= 15 is 0 Å². The van der Waals surface area contributed by atoms with Crippen molar-refractivity contribution < 1.29 is 9.13 Å². The van der Waals surface area contributed by atoms with Crippen LogP contribution in [0, 0.1) is 5.82 Å². The van der Waals surface area contributed by atoms with Gasteiger partial charge in [-0.2, -0.15) is 0 Å². The summed E-state index contributed by atoms with van der Waals surface area (Å²) in [6.07, 6.45) is 1.61. The maximum atomic E-state index is 13.1. The third-order valence-corrected chi connectivity index (χ3v) is 2.23. The second-order valence-corrected chi connectivity index (χ2v) is 3.35. The zero-order chi connectivity index (χ0) is 11.4. The molecule has 1 heterocycles. The fourth-order valence-electron chi connectivity index (χ4n) is 1.46. The molecule has 0 spiro atoms. The third-order valence-electron chi connectivity index (χ3n) is 2.23. The highest BCUT2D eigenvalue weighted by molar-refractivity contribution is 5.54. The van der Waals surface area contributed by atoms with Gasteiger partial charge in [-0.05, 0) is 12.1 Å². The van der Waals surface area contributed by atoms with Gasteiger partial charge in [0, 0.05) is 19.2 Å². The first-order valence-electron chi connectivity index (χ1n) is 4.94. The average molecular weight is 221 g/mol. The summed E-state index contributed by atoms with van der Waals surface area (Å²) in [5.41, 5.74) is 0.716. The molecule has 0 radical (unpaired) electrons. The van der Waals surface area contributed by atoms with Crippen LogP contribution < -0.4 is 0 Å².